The summed E-state index contributed by atoms with van der Waals surface area (Å²) in [4.78, 5) is -0.660. The van der Waals surface area contributed by atoms with Crippen LogP contribution in [0.25, 0.3) is 0 Å². The van der Waals surface area contributed by atoms with Gasteiger partial charge in [-0.2, -0.15) is 0 Å². The van der Waals surface area contributed by atoms with Gasteiger partial charge in [-0.3, -0.25) is 0 Å². The molecule has 1 atom stereocenters. The second kappa shape index (κ2) is 23.1. The lowest BCUT2D eigenvalue weighted by atomic mass is 9.89. The maximum absolute atomic E-state index is 9.19. The molecular formula is C27H54ClNO2. The van der Waals surface area contributed by atoms with E-state index in [1.54, 1.807) is 0 Å². The van der Waals surface area contributed by atoms with Gasteiger partial charge in [0.25, 0.3) is 0 Å². The Hall–Kier alpha value is -0.0900. The van der Waals surface area contributed by atoms with E-state index in [0.29, 0.717) is 12.8 Å². The second-order valence-corrected chi connectivity index (χ2v) is 10.1. The van der Waals surface area contributed by atoms with Crippen molar-refractivity contribution in [1.82, 2.24) is 0 Å². The topological polar surface area (TPSA) is 66.5 Å². The number of aliphatic hydroxyl groups is 2. The Bertz CT molecular complexity index is 383. The Morgan fingerprint density at radius 2 is 1.06 bits per heavy atom. The van der Waals surface area contributed by atoms with E-state index in [1.807, 2.05) is 0 Å². The fourth-order valence-corrected chi connectivity index (χ4v) is 4.55. The molecule has 0 aromatic carbocycles. The minimum atomic E-state index is -0.660. The summed E-state index contributed by atoms with van der Waals surface area (Å²) in [5.74, 6) is 0. The first-order valence-electron chi connectivity index (χ1n) is 13.4. The van der Waals surface area contributed by atoms with Gasteiger partial charge in [-0.25, -0.2) is 0 Å². The van der Waals surface area contributed by atoms with E-state index in [4.69, 9.17) is 17.3 Å². The summed E-state index contributed by atoms with van der Waals surface area (Å²) in [5.41, 5.74) is 6.24. The normalized spacial score (nSPS) is 13.3. The van der Waals surface area contributed by atoms with E-state index in [0.717, 1.165) is 12.8 Å². The van der Waals surface area contributed by atoms with Crippen LogP contribution in [-0.2, 0) is 0 Å². The molecule has 0 aliphatic rings. The number of alkyl halides is 1. The predicted octanol–water partition coefficient (Wildman–Crippen LogP) is 7.65. The van der Waals surface area contributed by atoms with Crippen LogP contribution < -0.4 is 5.73 Å². The fourth-order valence-electron chi connectivity index (χ4n) is 4.27. The number of hydrogen-bond acceptors (Lipinski definition) is 3. The van der Waals surface area contributed by atoms with E-state index in [1.165, 1.54) is 103 Å². The average Bonchev–Trinajstić information content (AvgIpc) is 2.75. The highest BCUT2D eigenvalue weighted by atomic mass is 35.5. The van der Waals surface area contributed by atoms with E-state index < -0.39 is 4.87 Å². The summed E-state index contributed by atoms with van der Waals surface area (Å²) in [6, 6.07) is -0.159. The molecule has 0 aromatic rings. The molecule has 4 heteroatoms. The van der Waals surface area contributed by atoms with Crippen LogP contribution in [0.4, 0.5) is 0 Å². The molecule has 3 nitrogen and oxygen atoms in total. The van der Waals surface area contributed by atoms with E-state index in [9.17, 15) is 10.2 Å². The zero-order chi connectivity index (χ0) is 23.0. The van der Waals surface area contributed by atoms with Crippen LogP contribution in [0.2, 0.25) is 0 Å². The number of halogens is 1. The van der Waals surface area contributed by atoms with Gasteiger partial charge in [0, 0.05) is 19.3 Å². The fraction of sp³-hybridized carbons (Fsp3) is 0.926. The second-order valence-electron chi connectivity index (χ2n) is 9.38. The number of rotatable bonds is 24. The van der Waals surface area contributed by atoms with Crippen molar-refractivity contribution >= 4 is 11.6 Å². The molecule has 0 bridgehead atoms. The Morgan fingerprint density at radius 1 is 0.677 bits per heavy atom. The third-order valence-electron chi connectivity index (χ3n) is 6.50. The molecule has 0 heterocycles. The van der Waals surface area contributed by atoms with Crippen molar-refractivity contribution in [1.29, 1.82) is 0 Å². The largest absolute Gasteiger partial charge is 0.396 e. The summed E-state index contributed by atoms with van der Waals surface area (Å²) in [6.07, 6.45) is 29.1. The molecule has 0 rings (SSSR count). The highest BCUT2D eigenvalue weighted by molar-refractivity contribution is 6.24. The summed E-state index contributed by atoms with van der Waals surface area (Å²) in [5, 5.41) is 18.4. The smallest absolute Gasteiger partial charge is 0.0640 e. The minimum Gasteiger partial charge on any atom is -0.396 e. The van der Waals surface area contributed by atoms with E-state index in [-0.39, 0.29) is 19.3 Å². The number of aliphatic hydroxyl groups excluding tert-OH is 2. The standard InChI is InChI=1S/C27H54ClNO2/c1-2-3-4-5-6-7-8-9-10-11-12-13-14-15-16-17-18-19-20-21-26(29)27(28,22-24-30)23-25-31/h9-10,26,30-31H,2-8,11-25,29H2,1H3. The summed E-state index contributed by atoms with van der Waals surface area (Å²) >= 11 is 6.53. The van der Waals surface area contributed by atoms with Crippen molar-refractivity contribution in [3.05, 3.63) is 12.2 Å². The van der Waals surface area contributed by atoms with E-state index >= 15 is 0 Å². The monoisotopic (exact) mass is 459 g/mol. The zero-order valence-corrected chi connectivity index (χ0v) is 21.4. The predicted molar refractivity (Wildman–Crippen MR) is 138 cm³/mol. The van der Waals surface area contributed by atoms with Crippen LogP contribution in [0.3, 0.4) is 0 Å². The highest BCUT2D eigenvalue weighted by Crippen LogP contribution is 2.30. The number of hydrogen-bond donors (Lipinski definition) is 3. The molecule has 0 saturated heterocycles. The lowest BCUT2D eigenvalue weighted by Crippen LogP contribution is -2.44. The number of nitrogens with two attached hydrogens (primary N) is 1. The molecule has 31 heavy (non-hydrogen) atoms. The van der Waals surface area contributed by atoms with Crippen molar-refractivity contribution in [2.24, 2.45) is 5.73 Å². The minimum absolute atomic E-state index is 0.0205. The maximum Gasteiger partial charge on any atom is 0.0640 e. The molecule has 0 aliphatic carbocycles. The Labute approximate surface area is 199 Å². The molecule has 186 valence electrons. The molecule has 0 fully saturated rings. The third kappa shape index (κ3) is 19.1. The van der Waals surface area contributed by atoms with E-state index in [2.05, 4.69) is 19.1 Å². The quantitative estimate of drug-likeness (QED) is 0.0788. The average molecular weight is 460 g/mol. The van der Waals surface area contributed by atoms with Gasteiger partial charge in [0.2, 0.25) is 0 Å². The molecule has 0 saturated carbocycles. The van der Waals surface area contributed by atoms with Crippen molar-refractivity contribution < 1.29 is 10.2 Å². The van der Waals surface area contributed by atoms with Crippen LogP contribution in [0.5, 0.6) is 0 Å². The van der Waals surface area contributed by atoms with Crippen molar-refractivity contribution in [2.45, 2.75) is 146 Å². The van der Waals surface area contributed by atoms with Gasteiger partial charge in [-0.15, -0.1) is 11.6 Å². The van der Waals surface area contributed by atoms with Gasteiger partial charge in [0.15, 0.2) is 0 Å². The summed E-state index contributed by atoms with van der Waals surface area (Å²) < 4.78 is 0. The molecule has 0 aromatic heterocycles. The van der Waals surface area contributed by atoms with Crippen LogP contribution >= 0.6 is 11.6 Å². The lowest BCUT2D eigenvalue weighted by Gasteiger charge is -2.32. The first kappa shape index (κ1) is 30.9. The van der Waals surface area contributed by atoms with Crippen molar-refractivity contribution in [3.63, 3.8) is 0 Å². The SMILES string of the molecule is CCCCCCCCC=CCCCCCCCCCCCC(N)C(Cl)(CCO)CCO. The van der Waals surface area contributed by atoms with Gasteiger partial charge in [-0.1, -0.05) is 103 Å². The Morgan fingerprint density at radius 3 is 1.48 bits per heavy atom. The number of unbranched alkanes of at least 4 members (excludes halogenated alkanes) is 15. The Balaban J connectivity index is 3.40. The molecule has 0 amide bonds. The molecule has 0 spiro atoms. The first-order chi connectivity index (χ1) is 15.1. The van der Waals surface area contributed by atoms with Gasteiger partial charge >= 0.3 is 0 Å². The molecule has 4 N–H and O–H groups in total. The van der Waals surface area contributed by atoms with Crippen molar-refractivity contribution in [3.8, 4) is 0 Å². The van der Waals surface area contributed by atoms with Crippen LogP contribution in [0.15, 0.2) is 12.2 Å². The summed E-state index contributed by atoms with van der Waals surface area (Å²) in [6.45, 7) is 2.32. The number of allylic oxidation sites excluding steroid dienone is 2. The highest BCUT2D eigenvalue weighted by Gasteiger charge is 2.32. The van der Waals surface area contributed by atoms with Gasteiger partial charge in [-0.05, 0) is 44.9 Å². The van der Waals surface area contributed by atoms with Crippen molar-refractivity contribution in [2.75, 3.05) is 13.2 Å². The van der Waals surface area contributed by atoms with Gasteiger partial charge < -0.3 is 15.9 Å². The van der Waals surface area contributed by atoms with Crippen LogP contribution in [0.1, 0.15) is 135 Å². The van der Waals surface area contributed by atoms with Gasteiger partial charge in [0.05, 0.1) is 4.87 Å². The third-order valence-corrected chi connectivity index (χ3v) is 7.15. The zero-order valence-electron chi connectivity index (χ0n) is 20.6. The van der Waals surface area contributed by atoms with Crippen LogP contribution in [-0.4, -0.2) is 34.3 Å². The summed E-state index contributed by atoms with van der Waals surface area (Å²) in [7, 11) is 0. The molecular weight excluding hydrogens is 406 g/mol. The van der Waals surface area contributed by atoms with Gasteiger partial charge in [0.1, 0.15) is 0 Å². The molecule has 0 aliphatic heterocycles. The maximum atomic E-state index is 9.19. The van der Waals surface area contributed by atoms with Crippen LogP contribution in [0, 0.1) is 0 Å². The molecule has 0 radical (unpaired) electrons. The molecule has 1 unspecified atom stereocenters. The lowest BCUT2D eigenvalue weighted by molar-refractivity contribution is 0.209. The first-order valence-corrected chi connectivity index (χ1v) is 13.8. The Kier molecular flexibility index (Phi) is 23.0.